The molecule has 23 heavy (non-hydrogen) atoms. The van der Waals surface area contributed by atoms with E-state index < -0.39 is 74.6 Å². The van der Waals surface area contributed by atoms with Crippen LogP contribution in [0, 0.1) is 0 Å². The zero-order valence-corrected chi connectivity index (χ0v) is 12.2. The highest BCUT2D eigenvalue weighted by atomic mass is 19.1. The summed E-state index contributed by atoms with van der Waals surface area (Å²) < 4.78 is 29.0. The minimum absolute atomic E-state index is 0.607. The standard InChI is InChI=1S/C12H23FN2O8/c13-11-5(14)9(20)10(4(2-17)21-11)23-12-6(15)8(19)7(18)3(1-16)22-12/h3-12,16-20H,1-2,14-15H2/t3-,4-,5-,6-,7-,8-,9-,10-,11-,12+/m1/s1. The summed E-state index contributed by atoms with van der Waals surface area (Å²) in [7, 11) is 0. The lowest BCUT2D eigenvalue weighted by Crippen LogP contribution is -2.67. The van der Waals surface area contributed by atoms with E-state index in [2.05, 4.69) is 0 Å². The van der Waals surface area contributed by atoms with Gasteiger partial charge in [-0.3, -0.25) is 0 Å². The van der Waals surface area contributed by atoms with Crippen LogP contribution in [0.1, 0.15) is 0 Å². The molecule has 2 fully saturated rings. The molecule has 11 heteroatoms. The Morgan fingerprint density at radius 2 is 1.48 bits per heavy atom. The van der Waals surface area contributed by atoms with Gasteiger partial charge < -0.3 is 51.2 Å². The molecule has 0 aliphatic carbocycles. The summed E-state index contributed by atoms with van der Waals surface area (Å²) in [6, 6.07) is -2.62. The summed E-state index contributed by atoms with van der Waals surface area (Å²) in [6.07, 6.45) is -11.4. The molecule has 2 saturated heterocycles. The molecule has 0 spiro atoms. The average Bonchev–Trinajstić information content (AvgIpc) is 2.55. The molecule has 9 N–H and O–H groups in total. The van der Waals surface area contributed by atoms with Crippen molar-refractivity contribution in [2.45, 2.75) is 61.4 Å². The summed E-state index contributed by atoms with van der Waals surface area (Å²) in [5.41, 5.74) is 11.2. The summed E-state index contributed by atoms with van der Waals surface area (Å²) in [5.74, 6) is 0. The van der Waals surface area contributed by atoms with E-state index in [4.69, 9.17) is 30.8 Å². The molecule has 2 rings (SSSR count). The highest BCUT2D eigenvalue weighted by Gasteiger charge is 2.49. The van der Waals surface area contributed by atoms with Crippen molar-refractivity contribution in [1.82, 2.24) is 0 Å². The number of hydrogen-bond acceptors (Lipinski definition) is 10. The second kappa shape index (κ2) is 7.61. The molecule has 0 bridgehead atoms. The Balaban J connectivity index is 2.11. The van der Waals surface area contributed by atoms with Gasteiger partial charge in [0, 0.05) is 0 Å². The Kier molecular flexibility index (Phi) is 6.24. The molecule has 0 radical (unpaired) electrons. The fourth-order valence-electron chi connectivity index (χ4n) is 2.62. The lowest BCUT2D eigenvalue weighted by Gasteiger charge is -2.45. The Morgan fingerprint density at radius 3 is 2.04 bits per heavy atom. The third kappa shape index (κ3) is 3.64. The molecule has 0 amide bonds. The molecule has 0 aromatic carbocycles. The molecular weight excluding hydrogens is 319 g/mol. The average molecular weight is 342 g/mol. The van der Waals surface area contributed by atoms with Crippen LogP contribution in [0.15, 0.2) is 0 Å². The van der Waals surface area contributed by atoms with E-state index in [0.717, 1.165) is 0 Å². The molecule has 0 saturated carbocycles. The van der Waals surface area contributed by atoms with E-state index in [0.29, 0.717) is 0 Å². The van der Waals surface area contributed by atoms with Gasteiger partial charge in [-0.2, -0.15) is 0 Å². The first kappa shape index (κ1) is 18.9. The first-order valence-electron chi connectivity index (χ1n) is 7.19. The van der Waals surface area contributed by atoms with Gasteiger partial charge in [0.15, 0.2) is 6.29 Å². The van der Waals surface area contributed by atoms with E-state index >= 15 is 0 Å². The molecule has 2 aliphatic rings. The maximum atomic E-state index is 13.5. The van der Waals surface area contributed by atoms with Crippen molar-refractivity contribution < 1.29 is 44.1 Å². The van der Waals surface area contributed by atoms with Crippen LogP contribution in [0.2, 0.25) is 0 Å². The summed E-state index contributed by atoms with van der Waals surface area (Å²) in [6.45, 7) is -1.27. The molecule has 10 nitrogen and oxygen atoms in total. The lowest BCUT2D eigenvalue weighted by atomic mass is 9.96. The predicted octanol–water partition coefficient (Wildman–Crippen LogP) is -4.49. The Labute approximate surface area is 131 Å². The van der Waals surface area contributed by atoms with Gasteiger partial charge in [-0.05, 0) is 0 Å². The lowest BCUT2D eigenvalue weighted by molar-refractivity contribution is -0.317. The number of halogens is 1. The van der Waals surface area contributed by atoms with Gasteiger partial charge in [-0.1, -0.05) is 0 Å². The number of hydrogen-bond donors (Lipinski definition) is 7. The Hall–Kier alpha value is -0.470. The number of aliphatic hydroxyl groups is 5. The molecule has 0 aromatic heterocycles. The van der Waals surface area contributed by atoms with Crippen LogP contribution in [0.25, 0.3) is 0 Å². The maximum Gasteiger partial charge on any atom is 0.217 e. The number of nitrogens with two attached hydrogens (primary N) is 2. The van der Waals surface area contributed by atoms with Crippen LogP contribution >= 0.6 is 0 Å². The van der Waals surface area contributed by atoms with E-state index in [-0.39, 0.29) is 0 Å². The van der Waals surface area contributed by atoms with E-state index in [1.54, 1.807) is 0 Å². The summed E-state index contributed by atoms with van der Waals surface area (Å²) >= 11 is 0. The summed E-state index contributed by atoms with van der Waals surface area (Å²) in [5, 5.41) is 48.0. The molecule has 0 aromatic rings. The van der Waals surface area contributed by atoms with E-state index in [1.807, 2.05) is 0 Å². The van der Waals surface area contributed by atoms with Crippen LogP contribution < -0.4 is 11.5 Å². The number of rotatable bonds is 4. The second-order valence-electron chi connectivity index (χ2n) is 5.66. The SMILES string of the molecule is N[C@@H]1[C@@H](O)[C@H](O[C@@H]2O[C@H](CO)[C@@H](O)[C@H](O)[C@H]2N)[C@@H](CO)O[C@H]1F. The zero-order valence-electron chi connectivity index (χ0n) is 12.2. The third-order valence-electron chi connectivity index (χ3n) is 4.10. The quantitative estimate of drug-likeness (QED) is 0.263. The van der Waals surface area contributed by atoms with E-state index in [1.165, 1.54) is 0 Å². The van der Waals surface area contributed by atoms with Crippen LogP contribution in [-0.2, 0) is 14.2 Å². The van der Waals surface area contributed by atoms with Gasteiger partial charge in [0.2, 0.25) is 6.36 Å². The molecule has 0 unspecified atom stereocenters. The fraction of sp³-hybridized carbons (Fsp3) is 1.00. The molecular formula is C12H23FN2O8. The van der Waals surface area contributed by atoms with Gasteiger partial charge in [0.1, 0.15) is 36.6 Å². The highest BCUT2D eigenvalue weighted by Crippen LogP contribution is 2.28. The minimum atomic E-state index is -1.99. The molecule has 10 atom stereocenters. The first-order valence-corrected chi connectivity index (χ1v) is 7.19. The van der Waals surface area contributed by atoms with Crippen molar-refractivity contribution in [2.75, 3.05) is 13.2 Å². The number of alkyl halides is 1. The molecule has 2 heterocycles. The van der Waals surface area contributed by atoms with E-state index in [9.17, 15) is 24.8 Å². The van der Waals surface area contributed by atoms with Gasteiger partial charge in [0.25, 0.3) is 0 Å². The van der Waals surface area contributed by atoms with Crippen molar-refractivity contribution >= 4 is 0 Å². The van der Waals surface area contributed by atoms with Gasteiger partial charge in [-0.15, -0.1) is 0 Å². The minimum Gasteiger partial charge on any atom is -0.394 e. The molecule has 2 aliphatic heterocycles. The van der Waals surface area contributed by atoms with Gasteiger partial charge in [0.05, 0.1) is 25.3 Å². The van der Waals surface area contributed by atoms with Crippen molar-refractivity contribution in [3.05, 3.63) is 0 Å². The smallest absolute Gasteiger partial charge is 0.217 e. The number of aliphatic hydroxyl groups excluding tert-OH is 5. The van der Waals surface area contributed by atoms with Crippen LogP contribution in [0.3, 0.4) is 0 Å². The zero-order chi connectivity index (χ0) is 17.3. The topological polar surface area (TPSA) is 181 Å². The fourth-order valence-corrected chi connectivity index (χ4v) is 2.62. The van der Waals surface area contributed by atoms with Crippen LogP contribution in [0.4, 0.5) is 4.39 Å². The number of ether oxygens (including phenoxy) is 3. The summed E-state index contributed by atoms with van der Waals surface area (Å²) in [4.78, 5) is 0. The monoisotopic (exact) mass is 342 g/mol. The highest BCUT2D eigenvalue weighted by molar-refractivity contribution is 4.96. The third-order valence-corrected chi connectivity index (χ3v) is 4.10. The normalized spacial score (nSPS) is 51.7. The van der Waals surface area contributed by atoms with Crippen molar-refractivity contribution in [1.29, 1.82) is 0 Å². The van der Waals surface area contributed by atoms with Gasteiger partial charge in [-0.25, -0.2) is 4.39 Å². The van der Waals surface area contributed by atoms with Crippen LogP contribution in [0.5, 0.6) is 0 Å². The first-order chi connectivity index (χ1) is 10.8. The van der Waals surface area contributed by atoms with Gasteiger partial charge >= 0.3 is 0 Å². The molecule has 136 valence electrons. The largest absolute Gasteiger partial charge is 0.394 e. The van der Waals surface area contributed by atoms with Crippen molar-refractivity contribution in [2.24, 2.45) is 11.5 Å². The van der Waals surface area contributed by atoms with Crippen molar-refractivity contribution in [3.63, 3.8) is 0 Å². The second-order valence-corrected chi connectivity index (χ2v) is 5.66. The maximum absolute atomic E-state index is 13.5. The Morgan fingerprint density at radius 1 is 0.870 bits per heavy atom. The predicted molar refractivity (Wildman–Crippen MR) is 71.4 cm³/mol. The Bertz CT molecular complexity index is 390. The van der Waals surface area contributed by atoms with Crippen molar-refractivity contribution in [3.8, 4) is 0 Å². The van der Waals surface area contributed by atoms with Crippen LogP contribution in [-0.4, -0.2) is 100 Å².